The number of nitrogens with zero attached hydrogens (tertiary/aromatic N) is 5. The van der Waals surface area contributed by atoms with Crippen molar-refractivity contribution in [1.82, 2.24) is 19.4 Å². The molecule has 2 bridgehead atoms. The van der Waals surface area contributed by atoms with Crippen molar-refractivity contribution in [3.05, 3.63) is 52.3 Å². The first-order valence-electron chi connectivity index (χ1n) is 14.8. The van der Waals surface area contributed by atoms with Crippen molar-refractivity contribution in [1.29, 1.82) is 5.26 Å². The number of halogens is 3. The van der Waals surface area contributed by atoms with Crippen molar-refractivity contribution in [2.24, 2.45) is 10.8 Å². The summed E-state index contributed by atoms with van der Waals surface area (Å²) in [5, 5.41) is 15.2. The van der Waals surface area contributed by atoms with E-state index in [0.29, 0.717) is 27.5 Å². The van der Waals surface area contributed by atoms with Gasteiger partial charge in [-0.3, -0.25) is 9.69 Å². The molecular weight excluding hydrogens is 573 g/mol. The van der Waals surface area contributed by atoms with E-state index in [1.807, 2.05) is 6.07 Å². The number of alkyl halides is 3. The molecule has 3 aliphatic carbocycles. The first-order valence-corrected chi connectivity index (χ1v) is 15.6. The van der Waals surface area contributed by atoms with Crippen molar-refractivity contribution in [3.63, 3.8) is 0 Å². The minimum atomic E-state index is -4.25. The van der Waals surface area contributed by atoms with Crippen molar-refractivity contribution < 1.29 is 18.0 Å². The zero-order chi connectivity index (χ0) is 30.1. The van der Waals surface area contributed by atoms with Crippen LogP contribution in [-0.2, 0) is 24.3 Å². The highest BCUT2D eigenvalue weighted by atomic mass is 32.1. The summed E-state index contributed by atoms with van der Waals surface area (Å²) in [4.78, 5) is 23.8. The number of aromatic nitrogens is 3. The van der Waals surface area contributed by atoms with Gasteiger partial charge in [0, 0.05) is 53.4 Å². The van der Waals surface area contributed by atoms with Crippen LogP contribution in [0.5, 0.6) is 0 Å². The molecule has 0 spiro atoms. The van der Waals surface area contributed by atoms with Gasteiger partial charge in [0.1, 0.15) is 34.5 Å². The van der Waals surface area contributed by atoms with E-state index in [0.717, 1.165) is 80.5 Å². The van der Waals surface area contributed by atoms with Crippen LogP contribution in [0.15, 0.2) is 30.6 Å². The van der Waals surface area contributed by atoms with Crippen molar-refractivity contribution >= 4 is 44.1 Å². The Kier molecular flexibility index (Phi) is 6.60. The highest BCUT2D eigenvalue weighted by Crippen LogP contribution is 2.74. The van der Waals surface area contributed by atoms with Gasteiger partial charge in [0.25, 0.3) is 0 Å². The quantitative estimate of drug-likeness (QED) is 0.238. The molecule has 8 rings (SSSR count). The predicted octanol–water partition coefficient (Wildman–Crippen LogP) is 6.77. The van der Waals surface area contributed by atoms with Crippen LogP contribution in [0.3, 0.4) is 0 Å². The Hall–Kier alpha value is -3.49. The molecule has 11 heteroatoms. The summed E-state index contributed by atoms with van der Waals surface area (Å²) in [5.74, 6) is 0.905. The maximum atomic E-state index is 12.9. The first-order chi connectivity index (χ1) is 20.5. The lowest BCUT2D eigenvalue weighted by Crippen LogP contribution is -2.66. The zero-order valence-electron chi connectivity index (χ0n) is 24.2. The van der Waals surface area contributed by atoms with E-state index >= 15 is 0 Å². The molecule has 4 aliphatic rings. The van der Waals surface area contributed by atoms with Gasteiger partial charge in [0.2, 0.25) is 0 Å². The third-order valence-corrected chi connectivity index (χ3v) is 11.1. The number of anilines is 1. The fourth-order valence-electron chi connectivity index (χ4n) is 7.81. The highest BCUT2D eigenvalue weighted by molar-refractivity contribution is 7.18. The number of nitrogens with one attached hydrogen (secondary N) is 1. The van der Waals surface area contributed by atoms with Crippen molar-refractivity contribution in [2.75, 3.05) is 18.4 Å². The molecule has 1 saturated heterocycles. The third kappa shape index (κ3) is 4.98. The molecule has 4 aromatic rings. The van der Waals surface area contributed by atoms with Crippen molar-refractivity contribution in [2.45, 2.75) is 77.7 Å². The number of fused-ring (bicyclic) bond motifs is 2. The largest absolute Gasteiger partial charge is 0.393 e. The Labute approximate surface area is 251 Å². The van der Waals surface area contributed by atoms with Crippen LogP contribution in [0.2, 0.25) is 0 Å². The monoisotopic (exact) mass is 606 g/mol. The molecule has 1 N–H and O–H groups in total. The molecule has 3 saturated carbocycles. The molecule has 0 amide bonds. The fourth-order valence-corrected chi connectivity index (χ4v) is 8.83. The number of hydrogen-bond acceptors (Lipinski definition) is 7. The van der Waals surface area contributed by atoms with E-state index in [1.54, 1.807) is 13.0 Å². The lowest BCUT2D eigenvalue weighted by atomic mass is 9.34. The number of aryl methyl sites for hydroxylation is 1. The molecule has 0 radical (unpaired) electrons. The Morgan fingerprint density at radius 2 is 1.91 bits per heavy atom. The van der Waals surface area contributed by atoms with E-state index in [1.165, 1.54) is 17.5 Å². The molecule has 224 valence electrons. The second kappa shape index (κ2) is 10.0. The Morgan fingerprint density at radius 1 is 1.16 bits per heavy atom. The van der Waals surface area contributed by atoms with E-state index in [4.69, 9.17) is 0 Å². The van der Waals surface area contributed by atoms with E-state index in [-0.39, 0.29) is 21.7 Å². The molecule has 1 aliphatic heterocycles. The summed E-state index contributed by atoms with van der Waals surface area (Å²) in [6.45, 7) is 7.22. The minimum Gasteiger partial charge on any atom is -0.367 e. The summed E-state index contributed by atoms with van der Waals surface area (Å²) >= 11 is 1.07. The van der Waals surface area contributed by atoms with Gasteiger partial charge in [-0.2, -0.15) is 18.4 Å². The van der Waals surface area contributed by atoms with Crippen LogP contribution < -0.4 is 5.32 Å². The van der Waals surface area contributed by atoms with Gasteiger partial charge in [0.05, 0.1) is 11.8 Å². The number of piperidine rings is 1. The highest BCUT2D eigenvalue weighted by Gasteiger charge is 2.69. The Bertz CT molecular complexity index is 1770. The summed E-state index contributed by atoms with van der Waals surface area (Å²) in [7, 11) is 0. The third-order valence-electron chi connectivity index (χ3n) is 10.0. The zero-order valence-corrected chi connectivity index (χ0v) is 25.0. The number of ketones is 1. The standard InChI is InChI=1S/C32H33F3N6OS/c1-19-21(3-4-27-25(19)9-23(12-36)41(27)17-30-14-31(15-30,16-30)20(2)42)13-40-7-5-22(6-8-40)39-28-26-10-24(11-32(33,34)35)43-29(26)38-18-37-28/h3-4,9-10,18,22H,5-8,11,13-17H2,1-2H3,(H,37,38,39). The van der Waals surface area contributed by atoms with Crippen LogP contribution in [0.1, 0.15) is 60.7 Å². The number of benzene rings is 1. The number of hydrogen-bond donors (Lipinski definition) is 1. The molecule has 1 aromatic carbocycles. The smallest absolute Gasteiger partial charge is 0.367 e. The number of rotatable bonds is 8. The van der Waals surface area contributed by atoms with Crippen LogP contribution >= 0.6 is 11.3 Å². The number of likely N-dealkylation sites (tertiary alicyclic amines) is 1. The molecule has 4 heterocycles. The summed E-state index contributed by atoms with van der Waals surface area (Å²) in [6, 6.07) is 10.5. The lowest BCUT2D eigenvalue weighted by molar-refractivity contribution is -0.208. The van der Waals surface area contributed by atoms with Crippen LogP contribution in [0.4, 0.5) is 19.0 Å². The second-order valence-electron chi connectivity index (χ2n) is 13.0. The number of carbonyl (C=O) groups excluding carboxylic acids is 1. The molecule has 3 aromatic heterocycles. The number of Topliss-reactive ketones (excluding diaryl/α,β-unsaturated/α-hetero) is 1. The van der Waals surface area contributed by atoms with Gasteiger partial charge in [-0.15, -0.1) is 11.3 Å². The Balaban J connectivity index is 1.00. The molecule has 43 heavy (non-hydrogen) atoms. The SMILES string of the molecule is CC(=O)C12CC(Cn3c(C#N)cc4c(C)c(CN5CCC(Nc6ncnc7sc(CC(F)(F)F)cc67)CC5)ccc43)(C1)C2. The van der Waals surface area contributed by atoms with Crippen molar-refractivity contribution in [3.8, 4) is 6.07 Å². The maximum absolute atomic E-state index is 12.9. The second-order valence-corrected chi connectivity index (χ2v) is 14.1. The topological polar surface area (TPSA) is 86.8 Å². The van der Waals surface area contributed by atoms with Crippen LogP contribution in [-0.4, -0.2) is 50.5 Å². The fraction of sp³-hybridized carbons (Fsp3) is 0.500. The predicted molar refractivity (Wildman–Crippen MR) is 160 cm³/mol. The van der Waals surface area contributed by atoms with E-state index < -0.39 is 12.6 Å². The van der Waals surface area contributed by atoms with Gasteiger partial charge >= 0.3 is 6.18 Å². The summed E-state index contributed by atoms with van der Waals surface area (Å²) in [5.41, 5.74) is 4.27. The van der Waals surface area contributed by atoms with Gasteiger partial charge in [0.15, 0.2) is 0 Å². The van der Waals surface area contributed by atoms with Gasteiger partial charge < -0.3 is 9.88 Å². The van der Waals surface area contributed by atoms with E-state index in [2.05, 4.69) is 49.9 Å². The lowest BCUT2D eigenvalue weighted by Gasteiger charge is -2.69. The minimum absolute atomic E-state index is 0.0904. The molecular formula is C32H33F3N6OS. The molecule has 7 nitrogen and oxygen atoms in total. The maximum Gasteiger partial charge on any atom is 0.393 e. The van der Waals surface area contributed by atoms with Gasteiger partial charge in [-0.25, -0.2) is 9.97 Å². The normalized spacial score (nSPS) is 24.1. The number of carbonyl (C=O) groups is 1. The van der Waals surface area contributed by atoms with Crippen LogP contribution in [0.25, 0.3) is 21.1 Å². The molecule has 0 atom stereocenters. The van der Waals surface area contributed by atoms with Gasteiger partial charge in [-0.1, -0.05) is 6.07 Å². The first kappa shape index (κ1) is 28.3. The van der Waals surface area contributed by atoms with Crippen LogP contribution in [0, 0.1) is 29.1 Å². The molecule has 4 fully saturated rings. The number of nitriles is 1. The average Bonchev–Trinajstić information content (AvgIpc) is 3.48. The summed E-state index contributed by atoms with van der Waals surface area (Å²) < 4.78 is 40.9. The Morgan fingerprint density at radius 3 is 2.58 bits per heavy atom. The van der Waals surface area contributed by atoms with E-state index in [9.17, 15) is 23.2 Å². The summed E-state index contributed by atoms with van der Waals surface area (Å²) in [6.07, 6.45) is 0.812. The average molecular weight is 607 g/mol. The molecule has 0 unspecified atom stereocenters. The van der Waals surface area contributed by atoms with Gasteiger partial charge in [-0.05, 0) is 80.7 Å². The number of thiophene rings is 1.